The molecule has 2 aliphatic rings. The van der Waals surface area contributed by atoms with Gasteiger partial charge in [0.1, 0.15) is 0 Å². The SMILES string of the molecule is CN(C)S(=O)(=O)c1ccc2c(c1)CCN2C(=O)c1ccc(C2SCCS2)cc1. The summed E-state index contributed by atoms with van der Waals surface area (Å²) in [5.41, 5.74) is 3.61. The first kappa shape index (κ1) is 19.8. The number of rotatable bonds is 4. The summed E-state index contributed by atoms with van der Waals surface area (Å²) >= 11 is 3.89. The fourth-order valence-corrected chi connectivity index (χ4v) is 7.26. The van der Waals surface area contributed by atoms with Crippen molar-refractivity contribution in [2.75, 3.05) is 37.0 Å². The molecule has 0 saturated carbocycles. The molecular weight excluding hydrogens is 412 g/mol. The van der Waals surface area contributed by atoms with E-state index in [1.807, 2.05) is 47.8 Å². The van der Waals surface area contributed by atoms with Crippen LogP contribution in [0.15, 0.2) is 47.4 Å². The molecule has 2 aromatic rings. The summed E-state index contributed by atoms with van der Waals surface area (Å²) in [6, 6.07) is 12.9. The fraction of sp³-hybridized carbons (Fsp3) is 0.350. The second-order valence-corrected chi connectivity index (χ2v) is 11.9. The summed E-state index contributed by atoms with van der Waals surface area (Å²) in [5, 5.41) is 0. The van der Waals surface area contributed by atoms with Crippen LogP contribution in [0.1, 0.15) is 26.1 Å². The highest BCUT2D eigenvalue weighted by Crippen LogP contribution is 2.45. The first-order valence-corrected chi connectivity index (χ1v) is 12.6. The minimum Gasteiger partial charge on any atom is -0.308 e. The molecule has 8 heteroatoms. The van der Waals surface area contributed by atoms with Crippen LogP contribution < -0.4 is 4.90 Å². The number of hydrogen-bond acceptors (Lipinski definition) is 5. The Bertz CT molecular complexity index is 998. The Labute approximate surface area is 174 Å². The maximum absolute atomic E-state index is 13.0. The lowest BCUT2D eigenvalue weighted by atomic mass is 10.1. The van der Waals surface area contributed by atoms with Gasteiger partial charge in [-0.1, -0.05) is 12.1 Å². The molecule has 148 valence electrons. The van der Waals surface area contributed by atoms with E-state index in [4.69, 9.17) is 0 Å². The van der Waals surface area contributed by atoms with E-state index in [1.54, 1.807) is 23.1 Å². The molecule has 5 nitrogen and oxygen atoms in total. The first-order chi connectivity index (χ1) is 13.4. The van der Waals surface area contributed by atoms with Gasteiger partial charge >= 0.3 is 0 Å². The third-order valence-corrected chi connectivity index (χ3v) is 9.94. The second-order valence-electron chi connectivity index (χ2n) is 6.98. The molecule has 1 amide bonds. The molecular formula is C20H22N2O3S3. The van der Waals surface area contributed by atoms with Crippen molar-refractivity contribution < 1.29 is 13.2 Å². The van der Waals surface area contributed by atoms with Gasteiger partial charge in [0, 0.05) is 43.4 Å². The third-order valence-electron chi connectivity index (χ3n) is 5.02. The van der Waals surface area contributed by atoms with Crippen LogP contribution in [-0.4, -0.2) is 50.8 Å². The molecule has 28 heavy (non-hydrogen) atoms. The zero-order valence-electron chi connectivity index (χ0n) is 15.8. The molecule has 2 heterocycles. The molecule has 4 rings (SSSR count). The zero-order valence-corrected chi connectivity index (χ0v) is 18.2. The van der Waals surface area contributed by atoms with Crippen molar-refractivity contribution in [3.63, 3.8) is 0 Å². The number of thioether (sulfide) groups is 2. The number of fused-ring (bicyclic) bond motifs is 1. The first-order valence-electron chi connectivity index (χ1n) is 9.08. The molecule has 0 radical (unpaired) electrons. The van der Waals surface area contributed by atoms with Crippen molar-refractivity contribution >= 4 is 45.1 Å². The number of carbonyl (C=O) groups is 1. The van der Waals surface area contributed by atoms with E-state index in [-0.39, 0.29) is 10.8 Å². The topological polar surface area (TPSA) is 57.7 Å². The Morgan fingerprint density at radius 1 is 1.07 bits per heavy atom. The summed E-state index contributed by atoms with van der Waals surface area (Å²) in [6.45, 7) is 0.565. The van der Waals surface area contributed by atoms with E-state index in [0.717, 1.165) is 11.3 Å². The Morgan fingerprint density at radius 2 is 1.75 bits per heavy atom. The summed E-state index contributed by atoms with van der Waals surface area (Å²) < 4.78 is 26.4. The van der Waals surface area contributed by atoms with Gasteiger partial charge in [-0.3, -0.25) is 4.79 Å². The van der Waals surface area contributed by atoms with E-state index in [2.05, 4.69) is 0 Å². The highest BCUT2D eigenvalue weighted by atomic mass is 32.2. The Hall–Kier alpha value is -1.48. The van der Waals surface area contributed by atoms with E-state index >= 15 is 0 Å². The van der Waals surface area contributed by atoms with E-state index < -0.39 is 10.0 Å². The van der Waals surface area contributed by atoms with Crippen molar-refractivity contribution in [2.24, 2.45) is 0 Å². The van der Waals surface area contributed by atoms with Crippen LogP contribution in [0.2, 0.25) is 0 Å². The summed E-state index contributed by atoms with van der Waals surface area (Å²) in [4.78, 5) is 15.0. The van der Waals surface area contributed by atoms with Gasteiger partial charge in [0.25, 0.3) is 5.91 Å². The van der Waals surface area contributed by atoms with Gasteiger partial charge < -0.3 is 4.90 Å². The maximum atomic E-state index is 13.0. The van der Waals surface area contributed by atoms with Crippen molar-refractivity contribution in [2.45, 2.75) is 15.9 Å². The normalized spacial score (nSPS) is 17.3. The van der Waals surface area contributed by atoms with Crippen molar-refractivity contribution in [3.05, 3.63) is 59.2 Å². The highest BCUT2D eigenvalue weighted by Gasteiger charge is 2.28. The van der Waals surface area contributed by atoms with Crippen LogP contribution in [0, 0.1) is 0 Å². The minimum atomic E-state index is -3.48. The maximum Gasteiger partial charge on any atom is 0.258 e. The molecule has 0 atom stereocenters. The monoisotopic (exact) mass is 434 g/mol. The van der Waals surface area contributed by atoms with Crippen molar-refractivity contribution in [3.8, 4) is 0 Å². The minimum absolute atomic E-state index is 0.0414. The van der Waals surface area contributed by atoms with Gasteiger partial charge in [-0.2, -0.15) is 0 Å². The number of nitrogens with zero attached hydrogens (tertiary/aromatic N) is 2. The zero-order chi connectivity index (χ0) is 19.9. The van der Waals surface area contributed by atoms with Gasteiger partial charge in [0.2, 0.25) is 10.0 Å². The molecule has 1 fully saturated rings. The van der Waals surface area contributed by atoms with E-state index in [9.17, 15) is 13.2 Å². The smallest absolute Gasteiger partial charge is 0.258 e. The molecule has 2 aliphatic heterocycles. The molecule has 1 saturated heterocycles. The lowest BCUT2D eigenvalue weighted by molar-refractivity contribution is 0.0989. The van der Waals surface area contributed by atoms with Gasteiger partial charge in [-0.15, -0.1) is 23.5 Å². The van der Waals surface area contributed by atoms with Crippen LogP contribution in [0.5, 0.6) is 0 Å². The average molecular weight is 435 g/mol. The molecule has 0 bridgehead atoms. The Morgan fingerprint density at radius 3 is 2.39 bits per heavy atom. The van der Waals surface area contributed by atoms with Crippen molar-refractivity contribution in [1.29, 1.82) is 0 Å². The number of anilines is 1. The van der Waals surface area contributed by atoms with Crippen LogP contribution >= 0.6 is 23.5 Å². The lowest BCUT2D eigenvalue weighted by Crippen LogP contribution is -2.28. The van der Waals surface area contributed by atoms with Gasteiger partial charge in [-0.25, -0.2) is 12.7 Å². The number of amides is 1. The third kappa shape index (κ3) is 3.58. The Balaban J connectivity index is 1.56. The number of hydrogen-bond donors (Lipinski definition) is 0. The molecule has 0 aromatic heterocycles. The van der Waals surface area contributed by atoms with Crippen LogP contribution in [0.4, 0.5) is 5.69 Å². The Kier molecular flexibility index (Phi) is 5.48. The van der Waals surface area contributed by atoms with E-state index in [1.165, 1.54) is 35.5 Å². The molecule has 0 unspecified atom stereocenters. The number of carbonyl (C=O) groups excluding carboxylic acids is 1. The van der Waals surface area contributed by atoms with Crippen LogP contribution in [-0.2, 0) is 16.4 Å². The highest BCUT2D eigenvalue weighted by molar-refractivity contribution is 8.19. The summed E-state index contributed by atoms with van der Waals surface area (Å²) in [5.74, 6) is 2.30. The standard InChI is InChI=1S/C20H22N2O3S3/c1-21(2)28(24,25)17-7-8-18-16(13-17)9-10-22(18)19(23)14-3-5-15(6-4-14)20-26-11-12-27-20/h3-8,13,20H,9-12H2,1-2H3. The predicted molar refractivity (Wildman–Crippen MR) is 117 cm³/mol. The molecule has 2 aromatic carbocycles. The largest absolute Gasteiger partial charge is 0.308 e. The van der Waals surface area contributed by atoms with E-state index in [0.29, 0.717) is 23.1 Å². The molecule has 0 spiro atoms. The van der Waals surface area contributed by atoms with Gasteiger partial charge in [-0.05, 0) is 47.9 Å². The fourth-order valence-electron chi connectivity index (χ4n) is 3.45. The summed E-state index contributed by atoms with van der Waals surface area (Å²) in [7, 11) is -0.438. The summed E-state index contributed by atoms with van der Waals surface area (Å²) in [6.07, 6.45) is 0.658. The van der Waals surface area contributed by atoms with Crippen molar-refractivity contribution in [1.82, 2.24) is 4.31 Å². The lowest BCUT2D eigenvalue weighted by Gasteiger charge is -2.19. The number of sulfonamides is 1. The number of benzene rings is 2. The average Bonchev–Trinajstić information content (AvgIpc) is 3.37. The van der Waals surface area contributed by atoms with Crippen LogP contribution in [0.25, 0.3) is 0 Å². The van der Waals surface area contributed by atoms with Gasteiger partial charge in [0.05, 0.1) is 9.48 Å². The van der Waals surface area contributed by atoms with Crippen LogP contribution in [0.3, 0.4) is 0 Å². The molecule has 0 aliphatic carbocycles. The van der Waals surface area contributed by atoms with Gasteiger partial charge in [0.15, 0.2) is 0 Å². The second kappa shape index (κ2) is 7.74. The predicted octanol–water partition coefficient (Wildman–Crippen LogP) is 3.62. The quantitative estimate of drug-likeness (QED) is 0.736. The molecule has 0 N–H and O–H groups in total.